The van der Waals surface area contributed by atoms with E-state index in [9.17, 15) is 30.3 Å². The quantitative estimate of drug-likeness (QED) is 0.0994. The molecule has 3 aliphatic heterocycles. The number of halogens is 1. The van der Waals surface area contributed by atoms with Crippen molar-refractivity contribution in [1.29, 1.82) is 0 Å². The third kappa shape index (κ3) is 15.1. The van der Waals surface area contributed by atoms with Crippen molar-refractivity contribution in [2.75, 3.05) is 46.7 Å². The number of alkyl halides is 1. The third-order valence-corrected chi connectivity index (χ3v) is 17.7. The Morgan fingerprint density at radius 3 is 2.23 bits per heavy atom. The Balaban J connectivity index is 1.23. The second-order valence-corrected chi connectivity index (χ2v) is 25.1. The van der Waals surface area contributed by atoms with Gasteiger partial charge < -0.3 is 63.8 Å². The van der Waals surface area contributed by atoms with E-state index in [1.807, 2.05) is 89.0 Å². The molecular formula is C56H93FN8O12S. The van der Waals surface area contributed by atoms with Gasteiger partial charge in [0.05, 0.1) is 65.3 Å². The first-order chi connectivity index (χ1) is 36.7. The largest absolute Gasteiger partial charge is 0.459 e. The second-order valence-electron chi connectivity index (χ2n) is 23.9. The van der Waals surface area contributed by atoms with E-state index in [2.05, 4.69) is 27.5 Å². The number of aliphatic hydroxyl groups is 5. The zero-order valence-corrected chi connectivity index (χ0v) is 49.6. The minimum absolute atomic E-state index is 0.178. The molecule has 2 aromatic heterocycles. The van der Waals surface area contributed by atoms with Gasteiger partial charge in [0.15, 0.2) is 12.6 Å². The number of esters is 1. The second kappa shape index (κ2) is 27.2. The number of carbonyl (C=O) groups excluding carboxylic acids is 1. The zero-order chi connectivity index (χ0) is 57.6. The molecule has 5 N–H and O–H groups in total. The molecule has 0 unspecified atom stereocenters. The maximum atomic E-state index is 15.0. The number of ether oxygens (including phenoxy) is 6. The summed E-state index contributed by atoms with van der Waals surface area (Å²) in [5, 5.41) is 77.2. The summed E-state index contributed by atoms with van der Waals surface area (Å²) >= 11 is 1.77. The highest BCUT2D eigenvalue weighted by atomic mass is 32.2. The van der Waals surface area contributed by atoms with Crippen LogP contribution in [0, 0.1) is 23.2 Å². The molecule has 5 heterocycles. The summed E-state index contributed by atoms with van der Waals surface area (Å²) in [6.07, 6.45) is -5.29. The number of hydrogen-bond acceptors (Lipinski definition) is 19. The summed E-state index contributed by atoms with van der Waals surface area (Å²) in [4.78, 5) is 18.4. The average Bonchev–Trinajstić information content (AvgIpc) is 4.10. The predicted molar refractivity (Wildman–Crippen MR) is 293 cm³/mol. The van der Waals surface area contributed by atoms with Crippen LogP contribution in [0.15, 0.2) is 36.7 Å². The molecule has 20 nitrogen and oxygen atoms in total. The van der Waals surface area contributed by atoms with Gasteiger partial charge in [0, 0.05) is 63.0 Å². The number of benzene rings is 1. The van der Waals surface area contributed by atoms with Crippen LogP contribution >= 0.6 is 11.8 Å². The lowest BCUT2D eigenvalue weighted by Gasteiger charge is -2.49. The molecule has 78 heavy (non-hydrogen) atoms. The molecule has 1 aromatic carbocycles. The fourth-order valence-electron chi connectivity index (χ4n) is 12.1. The van der Waals surface area contributed by atoms with Crippen molar-refractivity contribution < 1.29 is 63.1 Å². The molecule has 0 radical (unpaired) electrons. The zero-order valence-electron chi connectivity index (χ0n) is 48.8. The Hall–Kier alpha value is -3.23. The van der Waals surface area contributed by atoms with Crippen molar-refractivity contribution in [1.82, 2.24) is 39.8 Å². The predicted octanol–water partition coefficient (Wildman–Crippen LogP) is 5.46. The number of thioether (sulfide) groups is 1. The van der Waals surface area contributed by atoms with Gasteiger partial charge in [-0.05, 0) is 110 Å². The molecule has 442 valence electrons. The molecule has 22 heteroatoms. The number of aromatic nitrogens is 6. The molecular weight excluding hydrogens is 1030 g/mol. The van der Waals surface area contributed by atoms with Gasteiger partial charge in [0.25, 0.3) is 0 Å². The first-order valence-electron chi connectivity index (χ1n) is 28.0. The van der Waals surface area contributed by atoms with Crippen LogP contribution in [0.3, 0.4) is 0 Å². The molecule has 0 aliphatic carbocycles. The highest BCUT2D eigenvalue weighted by molar-refractivity contribution is 7.98. The van der Waals surface area contributed by atoms with Gasteiger partial charge in [-0.1, -0.05) is 64.1 Å². The van der Waals surface area contributed by atoms with E-state index in [4.69, 9.17) is 28.4 Å². The van der Waals surface area contributed by atoms with Crippen LogP contribution in [0.1, 0.15) is 138 Å². The molecule has 3 aliphatic rings. The van der Waals surface area contributed by atoms with Crippen LogP contribution in [-0.4, -0.2) is 203 Å². The Labute approximate surface area is 466 Å². The van der Waals surface area contributed by atoms with Crippen LogP contribution in [0.2, 0.25) is 0 Å². The third-order valence-electron chi connectivity index (χ3n) is 16.8. The minimum Gasteiger partial charge on any atom is -0.459 e. The molecule has 3 aromatic rings. The normalized spacial score (nSPS) is 36.6. The summed E-state index contributed by atoms with van der Waals surface area (Å²) in [5.41, 5.74) is -1.04. The van der Waals surface area contributed by atoms with Crippen LogP contribution in [0.25, 0.3) is 5.69 Å². The van der Waals surface area contributed by atoms with Crippen LogP contribution in [-0.2, 0) is 45.4 Å². The SMILES string of the molecule is CCSCc1cn(-c2ccc([C@@H](OC)[C@@H](CF)n3cc(CCN(C)[C@H]4C[C@@H](C)O[C@@H](O[C@@H]5[C@@H](C)[C@H](O[C@H]6CC(C)(C)[C@@H](O)[C@H](C)O6)[C@@H](C)C(=O)O[C@H](CC)[C@@](C)(O)[C@H](O)[C@@H](C)N(C)C[C@H](C)C[C@@]5(C)O)[C@@H]4O)nn3)cc2)nn1. The highest BCUT2D eigenvalue weighted by Crippen LogP contribution is 2.42. The first kappa shape index (κ1) is 63.9. The number of aliphatic hydroxyl groups excluding tert-OH is 3. The smallest absolute Gasteiger partial charge is 0.311 e. The van der Waals surface area contributed by atoms with Crippen molar-refractivity contribution in [3.63, 3.8) is 0 Å². The number of cyclic esters (lactones) is 1. The number of rotatable bonds is 18. The summed E-state index contributed by atoms with van der Waals surface area (Å²) in [7, 11) is 5.27. The number of likely N-dealkylation sites (N-methyl/N-ethyl adjacent to an activating group) is 2. The maximum absolute atomic E-state index is 15.0. The first-order valence-corrected chi connectivity index (χ1v) is 29.1. The molecule has 3 saturated heterocycles. The van der Waals surface area contributed by atoms with Gasteiger partial charge >= 0.3 is 5.97 Å². The number of methoxy groups -OCH3 is 1. The molecule has 0 spiro atoms. The fourth-order valence-corrected chi connectivity index (χ4v) is 12.6. The van der Waals surface area contributed by atoms with E-state index < -0.39 is 127 Å². The van der Waals surface area contributed by atoms with Crippen LogP contribution < -0.4 is 0 Å². The van der Waals surface area contributed by atoms with Gasteiger partial charge in [0.1, 0.15) is 42.7 Å². The Kier molecular flexibility index (Phi) is 22.3. The number of nitrogens with zero attached hydrogens (tertiary/aromatic N) is 8. The van der Waals surface area contributed by atoms with Crippen molar-refractivity contribution >= 4 is 17.7 Å². The lowest BCUT2D eigenvalue weighted by Crippen LogP contribution is -2.60. The molecule has 6 rings (SSSR count). The molecule has 19 atom stereocenters. The van der Waals surface area contributed by atoms with E-state index in [1.165, 1.54) is 18.7 Å². The van der Waals surface area contributed by atoms with Crippen LogP contribution in [0.5, 0.6) is 0 Å². The molecule has 3 fully saturated rings. The van der Waals surface area contributed by atoms with Crippen molar-refractivity contribution in [3.05, 3.63) is 53.6 Å². The van der Waals surface area contributed by atoms with Crippen molar-refractivity contribution in [2.24, 2.45) is 23.2 Å². The number of hydrogen-bond donors (Lipinski definition) is 5. The summed E-state index contributed by atoms with van der Waals surface area (Å²) in [6, 6.07) is 5.68. The standard InChI is InChI=1S/C56H93FN8O12S/c1-16-44-56(12,71)49(67)36(7)63(14)28-32(3)25-55(11,70)51(34(5)47(35(6)52(69)75-44)76-45-26-54(9,10)50(68)37(8)74-45)77-53-46(66)42(24-33(4)73-53)62(13)23-22-39-29-65(61-58-39)43(27-57)48(72-15)38-18-20-41(21-19-38)64-30-40(59-60-64)31-78-17-2/h18-21,29-30,32-37,42-51,53,66-68,70-71H,16-17,22-28,31H2,1-15H3/t32-,33-,34+,35-,36-,37+,42+,43-,44-,45+,46-,47+,48-,49-,50+,51-,53+,55-,56-/m1/s1. The topological polar surface area (TPSA) is 241 Å². The van der Waals surface area contributed by atoms with Gasteiger partial charge in [-0.3, -0.25) is 4.79 Å². The molecule has 0 amide bonds. The average molecular weight is 1120 g/mol. The van der Waals surface area contributed by atoms with Gasteiger partial charge in [-0.15, -0.1) is 10.2 Å². The van der Waals surface area contributed by atoms with E-state index in [1.54, 1.807) is 57.3 Å². The summed E-state index contributed by atoms with van der Waals surface area (Å²) in [6.45, 7) is 21.9. The minimum atomic E-state index is -1.84. The maximum Gasteiger partial charge on any atom is 0.311 e. The van der Waals surface area contributed by atoms with E-state index >= 15 is 4.39 Å². The summed E-state index contributed by atoms with van der Waals surface area (Å²) < 4.78 is 56.7. The Morgan fingerprint density at radius 1 is 0.923 bits per heavy atom. The molecule has 0 saturated carbocycles. The van der Waals surface area contributed by atoms with Gasteiger partial charge in [-0.2, -0.15) is 11.8 Å². The Bertz CT molecular complexity index is 2330. The number of carbonyl (C=O) groups is 1. The molecule has 0 bridgehead atoms. The fraction of sp³-hybridized carbons (Fsp3) is 0.804. The summed E-state index contributed by atoms with van der Waals surface area (Å²) in [5.74, 6) is -1.01. The lowest BCUT2D eigenvalue weighted by molar-refractivity contribution is -0.312. The Morgan fingerprint density at radius 2 is 1.60 bits per heavy atom. The van der Waals surface area contributed by atoms with E-state index in [0.29, 0.717) is 31.6 Å². The van der Waals surface area contributed by atoms with E-state index in [-0.39, 0.29) is 25.2 Å². The highest BCUT2D eigenvalue weighted by Gasteiger charge is 2.52. The van der Waals surface area contributed by atoms with Gasteiger partial charge in [0.2, 0.25) is 0 Å². The van der Waals surface area contributed by atoms with E-state index in [0.717, 1.165) is 28.5 Å². The van der Waals surface area contributed by atoms with Crippen LogP contribution in [0.4, 0.5) is 4.39 Å². The lowest BCUT2D eigenvalue weighted by atomic mass is 9.77. The van der Waals surface area contributed by atoms with Gasteiger partial charge in [-0.25, -0.2) is 13.8 Å². The monoisotopic (exact) mass is 1120 g/mol. The van der Waals surface area contributed by atoms with Crippen molar-refractivity contribution in [2.45, 2.75) is 218 Å². The van der Waals surface area contributed by atoms with Crippen molar-refractivity contribution in [3.8, 4) is 5.69 Å².